The Kier molecular flexibility index (Phi) is 4.97. The second kappa shape index (κ2) is 6.26. The lowest BCUT2D eigenvalue weighted by Gasteiger charge is -2.15. The van der Waals surface area contributed by atoms with E-state index in [1.165, 1.54) is 0 Å². The van der Waals surface area contributed by atoms with Crippen LogP contribution < -0.4 is 15.2 Å². The molecule has 0 saturated heterocycles. The molecule has 18 heavy (non-hydrogen) atoms. The lowest BCUT2D eigenvalue weighted by atomic mass is 9.98. The van der Waals surface area contributed by atoms with Crippen LogP contribution in [0.2, 0.25) is 0 Å². The first-order chi connectivity index (χ1) is 8.53. The average Bonchev–Trinajstić information content (AvgIpc) is 2.37. The number of benzene rings is 1. The number of hydrogen-bond donors (Lipinski definition) is 2. The highest BCUT2D eigenvalue weighted by Crippen LogP contribution is 2.31. The van der Waals surface area contributed by atoms with Gasteiger partial charge in [-0.25, -0.2) is 0 Å². The largest absolute Gasteiger partial charge is 0.493 e. The van der Waals surface area contributed by atoms with Crippen LogP contribution in [0.1, 0.15) is 18.1 Å². The molecule has 5 nitrogen and oxygen atoms in total. The Morgan fingerprint density at radius 1 is 1.28 bits per heavy atom. The molecule has 1 aromatic rings. The van der Waals surface area contributed by atoms with E-state index in [-0.39, 0.29) is 6.42 Å². The highest BCUT2D eigenvalue weighted by atomic mass is 16.5. The molecule has 5 heteroatoms. The number of aryl methyl sites for hydroxylation is 1. The monoisotopic (exact) mass is 253 g/mol. The van der Waals surface area contributed by atoms with Gasteiger partial charge in [0.1, 0.15) is 6.04 Å². The Labute approximate surface area is 107 Å². The summed E-state index contributed by atoms with van der Waals surface area (Å²) in [7, 11) is 3.12. The molecule has 0 heterocycles. The summed E-state index contributed by atoms with van der Waals surface area (Å²) in [5.74, 6) is 0.219. The number of nitrogens with two attached hydrogens (primary N) is 1. The molecule has 0 aliphatic carbocycles. The Morgan fingerprint density at radius 2 is 1.78 bits per heavy atom. The van der Waals surface area contributed by atoms with Crippen molar-refractivity contribution in [3.63, 3.8) is 0 Å². The Balaban J connectivity index is 3.13. The van der Waals surface area contributed by atoms with Crippen molar-refractivity contribution in [1.29, 1.82) is 0 Å². The van der Waals surface area contributed by atoms with E-state index in [0.29, 0.717) is 11.5 Å². The minimum atomic E-state index is -1.01. The van der Waals surface area contributed by atoms with Crippen molar-refractivity contribution < 1.29 is 19.4 Å². The van der Waals surface area contributed by atoms with Gasteiger partial charge >= 0.3 is 5.97 Å². The van der Waals surface area contributed by atoms with Crippen molar-refractivity contribution in [2.75, 3.05) is 14.2 Å². The van der Waals surface area contributed by atoms with Gasteiger partial charge in [0, 0.05) is 0 Å². The van der Waals surface area contributed by atoms with Crippen LogP contribution >= 0.6 is 0 Å². The van der Waals surface area contributed by atoms with Crippen molar-refractivity contribution >= 4 is 5.97 Å². The third-order valence-corrected chi connectivity index (χ3v) is 2.84. The molecule has 0 amide bonds. The third kappa shape index (κ3) is 3.13. The van der Waals surface area contributed by atoms with E-state index in [4.69, 9.17) is 20.3 Å². The highest BCUT2D eigenvalue weighted by Gasteiger charge is 2.16. The molecule has 1 atom stereocenters. The summed E-state index contributed by atoms with van der Waals surface area (Å²) in [5.41, 5.74) is 7.46. The van der Waals surface area contributed by atoms with E-state index >= 15 is 0 Å². The van der Waals surface area contributed by atoms with Gasteiger partial charge in [0.05, 0.1) is 14.2 Å². The first-order valence-electron chi connectivity index (χ1n) is 5.75. The van der Waals surface area contributed by atoms with E-state index in [9.17, 15) is 4.79 Å². The minimum Gasteiger partial charge on any atom is -0.493 e. The summed E-state index contributed by atoms with van der Waals surface area (Å²) in [6.07, 6.45) is 1.06. The van der Waals surface area contributed by atoms with Crippen molar-refractivity contribution in [1.82, 2.24) is 0 Å². The van der Waals surface area contributed by atoms with Crippen molar-refractivity contribution in [2.45, 2.75) is 25.8 Å². The lowest BCUT2D eigenvalue weighted by molar-refractivity contribution is -0.138. The van der Waals surface area contributed by atoms with E-state index in [0.717, 1.165) is 17.5 Å². The zero-order chi connectivity index (χ0) is 13.7. The zero-order valence-corrected chi connectivity index (χ0v) is 10.9. The molecule has 0 aliphatic heterocycles. The SMILES string of the molecule is CCc1cc(OC)c(OC)cc1CC(N)C(=O)O. The molecule has 0 radical (unpaired) electrons. The van der Waals surface area contributed by atoms with Crippen LogP contribution in [0, 0.1) is 0 Å². The Hall–Kier alpha value is -1.75. The van der Waals surface area contributed by atoms with Gasteiger partial charge in [0.15, 0.2) is 11.5 Å². The predicted molar refractivity (Wildman–Crippen MR) is 68.2 cm³/mol. The fourth-order valence-corrected chi connectivity index (χ4v) is 1.81. The summed E-state index contributed by atoms with van der Waals surface area (Å²) in [6, 6.07) is 2.75. The molecule has 1 aromatic carbocycles. The molecule has 0 fully saturated rings. The van der Waals surface area contributed by atoms with E-state index < -0.39 is 12.0 Å². The highest BCUT2D eigenvalue weighted by molar-refractivity contribution is 5.73. The van der Waals surface area contributed by atoms with E-state index in [1.54, 1.807) is 20.3 Å². The molecule has 0 spiro atoms. The van der Waals surface area contributed by atoms with Gasteiger partial charge in [-0.3, -0.25) is 4.79 Å². The molecule has 0 aliphatic rings. The molecule has 0 saturated carbocycles. The van der Waals surface area contributed by atoms with Crippen LogP contribution in [0.5, 0.6) is 11.5 Å². The smallest absolute Gasteiger partial charge is 0.320 e. The number of carbonyl (C=O) groups is 1. The maximum absolute atomic E-state index is 10.8. The van der Waals surface area contributed by atoms with Gasteiger partial charge in [-0.1, -0.05) is 6.92 Å². The summed E-state index contributed by atoms with van der Waals surface area (Å²) in [6.45, 7) is 2.00. The second-order valence-corrected chi connectivity index (χ2v) is 3.98. The van der Waals surface area contributed by atoms with Crippen LogP contribution in [0.15, 0.2) is 12.1 Å². The van der Waals surface area contributed by atoms with Crippen LogP contribution in [-0.2, 0) is 17.6 Å². The zero-order valence-electron chi connectivity index (χ0n) is 10.9. The fourth-order valence-electron chi connectivity index (χ4n) is 1.81. The van der Waals surface area contributed by atoms with Gasteiger partial charge < -0.3 is 20.3 Å². The van der Waals surface area contributed by atoms with Gasteiger partial charge in [-0.15, -0.1) is 0 Å². The molecule has 0 bridgehead atoms. The molecule has 3 N–H and O–H groups in total. The molecular formula is C13H19NO4. The first kappa shape index (κ1) is 14.3. The minimum absolute atomic E-state index is 0.277. The molecule has 100 valence electrons. The molecule has 1 rings (SSSR count). The number of carboxylic acids is 1. The predicted octanol–water partition coefficient (Wildman–Crippen LogP) is 1.22. The normalized spacial score (nSPS) is 12.0. The Bertz CT molecular complexity index is 431. The molecule has 1 unspecified atom stereocenters. The quantitative estimate of drug-likeness (QED) is 0.796. The van der Waals surface area contributed by atoms with Crippen molar-refractivity contribution in [3.8, 4) is 11.5 Å². The van der Waals surface area contributed by atoms with Crippen LogP contribution in [0.4, 0.5) is 0 Å². The number of aliphatic carboxylic acids is 1. The number of carboxylic acid groups (broad SMARTS) is 1. The average molecular weight is 253 g/mol. The van der Waals surface area contributed by atoms with Crippen molar-refractivity contribution in [3.05, 3.63) is 23.3 Å². The maximum atomic E-state index is 10.8. The first-order valence-corrected chi connectivity index (χ1v) is 5.75. The van der Waals surface area contributed by atoms with Gasteiger partial charge in [-0.05, 0) is 36.1 Å². The second-order valence-electron chi connectivity index (χ2n) is 3.98. The number of ether oxygens (including phenoxy) is 2. The summed E-state index contributed by atoms with van der Waals surface area (Å²) in [4.78, 5) is 10.8. The van der Waals surface area contributed by atoms with Gasteiger partial charge in [0.2, 0.25) is 0 Å². The van der Waals surface area contributed by atoms with Crippen LogP contribution in [0.3, 0.4) is 0 Å². The Morgan fingerprint density at radius 3 is 2.17 bits per heavy atom. The van der Waals surface area contributed by atoms with Crippen LogP contribution in [0.25, 0.3) is 0 Å². The number of hydrogen-bond acceptors (Lipinski definition) is 4. The van der Waals surface area contributed by atoms with Crippen molar-refractivity contribution in [2.24, 2.45) is 5.73 Å². The van der Waals surface area contributed by atoms with E-state index in [2.05, 4.69) is 0 Å². The van der Waals surface area contributed by atoms with Gasteiger partial charge in [-0.2, -0.15) is 0 Å². The number of methoxy groups -OCH3 is 2. The summed E-state index contributed by atoms with van der Waals surface area (Å²) < 4.78 is 10.4. The molecule has 0 aromatic heterocycles. The lowest BCUT2D eigenvalue weighted by Crippen LogP contribution is -2.32. The standard InChI is InChI=1S/C13H19NO4/c1-4-8-6-11(17-2)12(18-3)7-9(8)5-10(14)13(15)16/h6-7,10H,4-5,14H2,1-3H3,(H,15,16). The van der Waals surface area contributed by atoms with E-state index in [1.807, 2.05) is 13.0 Å². The fraction of sp³-hybridized carbons (Fsp3) is 0.462. The number of rotatable bonds is 6. The maximum Gasteiger partial charge on any atom is 0.320 e. The summed E-state index contributed by atoms with van der Waals surface area (Å²) >= 11 is 0. The summed E-state index contributed by atoms with van der Waals surface area (Å²) in [5, 5.41) is 8.85. The molecular weight excluding hydrogens is 234 g/mol. The van der Waals surface area contributed by atoms with Gasteiger partial charge in [0.25, 0.3) is 0 Å². The van der Waals surface area contributed by atoms with Crippen LogP contribution in [-0.4, -0.2) is 31.3 Å². The topological polar surface area (TPSA) is 81.8 Å². The third-order valence-electron chi connectivity index (χ3n) is 2.84.